The van der Waals surface area contributed by atoms with Gasteiger partial charge in [-0.15, -0.1) is 0 Å². The fourth-order valence-corrected chi connectivity index (χ4v) is 2.73. The Morgan fingerprint density at radius 1 is 1.15 bits per heavy atom. The largest absolute Gasteiger partial charge is 0.575 e. The lowest BCUT2D eigenvalue weighted by atomic mass is 9.78. The first-order chi connectivity index (χ1) is 12.8. The number of benzene rings is 1. The Balaban J connectivity index is 2.73. The predicted molar refractivity (Wildman–Crippen MR) is 89.0 cm³/mol. The average Bonchev–Trinajstić information content (AvgIpc) is 2.61. The summed E-state index contributed by atoms with van der Waals surface area (Å²) >= 11 is 0. The number of carbonyl (C=O) groups excluding carboxylic acids is 1. The summed E-state index contributed by atoms with van der Waals surface area (Å²) in [5.74, 6) is -5.86. The molecule has 2 rings (SSSR count). The summed E-state index contributed by atoms with van der Waals surface area (Å²) in [7, 11) is 0. The summed E-state index contributed by atoms with van der Waals surface area (Å²) in [6, 6.07) is 13.3. The molecule has 0 aromatic heterocycles. The van der Waals surface area contributed by atoms with Crippen molar-refractivity contribution in [2.24, 2.45) is 11.7 Å². The van der Waals surface area contributed by atoms with E-state index in [9.17, 15) is 15.2 Å². The lowest BCUT2D eigenvalue weighted by molar-refractivity contribution is -0.394. The highest BCUT2D eigenvalue weighted by Gasteiger charge is 2.39. The molecule has 0 spiro atoms. The highest BCUT2D eigenvalue weighted by atomic mass is 16.8. The van der Waals surface area contributed by atoms with Crippen LogP contribution < -0.4 is 10.8 Å². The van der Waals surface area contributed by atoms with Crippen molar-refractivity contribution in [3.63, 3.8) is 0 Å². The molecule has 0 amide bonds. The third-order valence-corrected chi connectivity index (χ3v) is 3.91. The molecular formula is C19H15N4O4-. The first-order valence-electron chi connectivity index (χ1n) is 7.83. The number of esters is 1. The van der Waals surface area contributed by atoms with E-state index in [-0.39, 0.29) is 5.70 Å². The molecular weight excluding hydrogens is 348 g/mol. The van der Waals surface area contributed by atoms with Gasteiger partial charge in [0.1, 0.15) is 17.7 Å². The minimum atomic E-state index is -1.45. The molecule has 0 saturated carbocycles. The second-order valence-corrected chi connectivity index (χ2v) is 6.14. The fourth-order valence-electron chi connectivity index (χ4n) is 2.73. The van der Waals surface area contributed by atoms with Gasteiger partial charge in [0, 0.05) is 5.92 Å². The van der Waals surface area contributed by atoms with E-state index in [2.05, 4.69) is 0 Å². The van der Waals surface area contributed by atoms with Gasteiger partial charge in [-0.05, 0) is 19.4 Å². The monoisotopic (exact) mass is 363 g/mol. The number of ether oxygens (including phenoxy) is 2. The molecule has 0 unspecified atom stereocenters. The van der Waals surface area contributed by atoms with Crippen LogP contribution in [0.4, 0.5) is 0 Å². The molecule has 2 atom stereocenters. The van der Waals surface area contributed by atoms with Crippen LogP contribution in [0.25, 0.3) is 0 Å². The molecule has 0 radical (unpaired) electrons. The van der Waals surface area contributed by atoms with Crippen LogP contribution in [0.1, 0.15) is 25.3 Å². The van der Waals surface area contributed by atoms with Crippen molar-refractivity contribution in [1.29, 1.82) is 15.8 Å². The van der Waals surface area contributed by atoms with Crippen LogP contribution in [-0.2, 0) is 14.3 Å². The van der Waals surface area contributed by atoms with Gasteiger partial charge in [-0.2, -0.15) is 15.8 Å². The van der Waals surface area contributed by atoms with Gasteiger partial charge in [0.2, 0.25) is 0 Å². The van der Waals surface area contributed by atoms with Crippen LogP contribution in [0.15, 0.2) is 53.1 Å². The molecule has 8 nitrogen and oxygen atoms in total. The Morgan fingerprint density at radius 2 is 1.74 bits per heavy atom. The number of nitriles is 3. The van der Waals surface area contributed by atoms with E-state index in [1.807, 2.05) is 6.07 Å². The maximum Gasteiger partial charge on any atom is 0.337 e. The van der Waals surface area contributed by atoms with Gasteiger partial charge in [-0.1, -0.05) is 30.3 Å². The lowest BCUT2D eigenvalue weighted by Crippen LogP contribution is -2.42. The van der Waals surface area contributed by atoms with E-state index in [1.165, 1.54) is 13.8 Å². The first kappa shape index (κ1) is 19.4. The number of allylic oxidation sites excluding steroid dienone is 2. The minimum Gasteiger partial charge on any atom is -0.575 e. The molecule has 0 aliphatic carbocycles. The third kappa shape index (κ3) is 3.84. The molecule has 0 fully saturated rings. The van der Waals surface area contributed by atoms with Gasteiger partial charge in [0.15, 0.2) is 5.79 Å². The quantitative estimate of drug-likeness (QED) is 0.614. The van der Waals surface area contributed by atoms with Crippen molar-refractivity contribution >= 4 is 5.97 Å². The molecule has 1 aliphatic rings. The lowest BCUT2D eigenvalue weighted by Gasteiger charge is -2.41. The number of carbonyl (C=O) groups is 1. The second-order valence-electron chi connectivity index (χ2n) is 6.14. The molecule has 1 aliphatic heterocycles. The van der Waals surface area contributed by atoms with Gasteiger partial charge in [0.25, 0.3) is 0 Å². The molecule has 1 aromatic carbocycles. The van der Waals surface area contributed by atoms with E-state index in [1.54, 1.807) is 42.5 Å². The van der Waals surface area contributed by atoms with Crippen LogP contribution in [0, 0.1) is 39.9 Å². The van der Waals surface area contributed by atoms with E-state index in [4.69, 9.17) is 25.7 Å². The van der Waals surface area contributed by atoms with Crippen LogP contribution in [-0.4, -0.2) is 11.8 Å². The number of hydrogen-bond acceptors (Lipinski definition) is 8. The topological polar surface area (TPSA) is 156 Å². The van der Waals surface area contributed by atoms with Crippen molar-refractivity contribution in [2.75, 3.05) is 0 Å². The SMILES string of the molecule is CC1(C)OC(=O)C([C@H](c2ccccc2)[C@H](C#N)C(N)=C(C#N)C#N)=C([O-])O1. The third-order valence-electron chi connectivity index (χ3n) is 3.91. The molecule has 136 valence electrons. The van der Waals surface area contributed by atoms with Crippen LogP contribution in [0.2, 0.25) is 0 Å². The maximum absolute atomic E-state index is 12.5. The number of cyclic esters (lactones) is 1. The first-order valence-corrected chi connectivity index (χ1v) is 7.83. The molecule has 8 heteroatoms. The van der Waals surface area contributed by atoms with E-state index >= 15 is 0 Å². The molecule has 0 saturated heterocycles. The average molecular weight is 363 g/mol. The molecule has 1 aromatic rings. The van der Waals surface area contributed by atoms with Crippen LogP contribution in [0.5, 0.6) is 0 Å². The van der Waals surface area contributed by atoms with Crippen LogP contribution >= 0.6 is 0 Å². The van der Waals surface area contributed by atoms with Crippen LogP contribution in [0.3, 0.4) is 0 Å². The van der Waals surface area contributed by atoms with Crippen molar-refractivity contribution in [1.82, 2.24) is 0 Å². The van der Waals surface area contributed by atoms with E-state index in [0.29, 0.717) is 5.56 Å². The normalized spacial score (nSPS) is 17.2. The highest BCUT2D eigenvalue weighted by Crippen LogP contribution is 2.40. The molecule has 27 heavy (non-hydrogen) atoms. The summed E-state index contributed by atoms with van der Waals surface area (Å²) in [6.07, 6.45) is 0. The summed E-state index contributed by atoms with van der Waals surface area (Å²) in [5.41, 5.74) is 5.05. The van der Waals surface area contributed by atoms with Gasteiger partial charge in [-0.3, -0.25) is 0 Å². The minimum absolute atomic E-state index is 0.339. The Bertz CT molecular complexity index is 927. The fraction of sp³-hybridized carbons (Fsp3) is 0.263. The second kappa shape index (κ2) is 7.51. The van der Waals surface area contributed by atoms with Crippen molar-refractivity contribution < 1.29 is 19.4 Å². The Kier molecular flexibility index (Phi) is 5.39. The van der Waals surface area contributed by atoms with Crippen molar-refractivity contribution in [3.8, 4) is 18.2 Å². The number of hydrogen-bond donors (Lipinski definition) is 1. The summed E-state index contributed by atoms with van der Waals surface area (Å²) in [5, 5.41) is 40.3. The Morgan fingerprint density at radius 3 is 2.22 bits per heavy atom. The van der Waals surface area contributed by atoms with Crippen molar-refractivity contribution in [3.05, 3.63) is 58.7 Å². The number of nitrogens with two attached hydrogens (primary N) is 1. The summed E-state index contributed by atoms with van der Waals surface area (Å²) < 4.78 is 10.3. The van der Waals surface area contributed by atoms with Gasteiger partial charge in [-0.25, -0.2) is 4.79 Å². The number of rotatable bonds is 4. The maximum atomic E-state index is 12.5. The Hall–Kier alpha value is -3.96. The van der Waals surface area contributed by atoms with E-state index < -0.39 is 40.7 Å². The van der Waals surface area contributed by atoms with Gasteiger partial charge in [0.05, 0.1) is 29.2 Å². The Labute approximate surface area is 155 Å². The summed E-state index contributed by atoms with van der Waals surface area (Å²) in [6.45, 7) is 2.80. The zero-order valence-electron chi connectivity index (χ0n) is 14.6. The van der Waals surface area contributed by atoms with Crippen molar-refractivity contribution in [2.45, 2.75) is 25.6 Å². The zero-order valence-corrected chi connectivity index (χ0v) is 14.6. The summed E-state index contributed by atoms with van der Waals surface area (Å²) in [4.78, 5) is 12.5. The molecule has 2 N–H and O–H groups in total. The molecule has 0 bridgehead atoms. The van der Waals surface area contributed by atoms with Gasteiger partial charge < -0.3 is 20.3 Å². The predicted octanol–water partition coefficient (Wildman–Crippen LogP) is 1.05. The standard InChI is InChI=1S/C19H16N4O4/c1-19(2)26-17(24)15(18(25)27-19)14(11-6-4-3-5-7-11)13(10-22)16(23)12(8-20)9-21/h3-7,13-14,24H,23H2,1-2H3/p-1/t13-,14+/m0/s1. The van der Waals surface area contributed by atoms with E-state index in [0.717, 1.165) is 0 Å². The number of nitrogens with zero attached hydrogens (tertiary/aromatic N) is 3. The highest BCUT2D eigenvalue weighted by molar-refractivity contribution is 5.91. The molecule has 1 heterocycles. The smallest absolute Gasteiger partial charge is 0.337 e. The zero-order chi connectivity index (χ0) is 20.2. The van der Waals surface area contributed by atoms with Gasteiger partial charge >= 0.3 is 5.97 Å².